The fraction of sp³-hybridized carbons (Fsp3) is 0.316. The summed E-state index contributed by atoms with van der Waals surface area (Å²) in [7, 11) is 2.70. The molecule has 3 N–H and O–H groups in total. The molecular weight excluding hydrogens is 407 g/mol. The molecule has 2 amide bonds. The number of ether oxygens (including phenoxy) is 2. The molecule has 1 saturated heterocycles. The zero-order chi connectivity index (χ0) is 22.1. The summed E-state index contributed by atoms with van der Waals surface area (Å²) < 4.78 is 51.9. The monoisotopic (exact) mass is 425 g/mol. The number of hydrogen-bond donors (Lipinski definition) is 3. The number of alkyl halides is 3. The van der Waals surface area contributed by atoms with Gasteiger partial charge < -0.3 is 25.2 Å². The van der Waals surface area contributed by atoms with Gasteiger partial charge in [-0.15, -0.1) is 0 Å². The third kappa shape index (κ3) is 3.63. The Bertz CT molecular complexity index is 954. The molecule has 8 nitrogen and oxygen atoms in total. The van der Waals surface area contributed by atoms with Gasteiger partial charge in [0.2, 0.25) is 5.72 Å². The Morgan fingerprint density at radius 2 is 1.90 bits per heavy atom. The van der Waals surface area contributed by atoms with E-state index in [2.05, 4.69) is 10.3 Å². The van der Waals surface area contributed by atoms with Gasteiger partial charge in [0.15, 0.2) is 17.3 Å². The Morgan fingerprint density at radius 1 is 1.20 bits per heavy atom. The molecule has 1 aromatic heterocycles. The molecule has 3 atom stereocenters. The summed E-state index contributed by atoms with van der Waals surface area (Å²) in [6.07, 6.45) is -2.91. The molecule has 0 bridgehead atoms. The first-order valence-corrected chi connectivity index (χ1v) is 8.66. The number of ketones is 1. The maximum atomic E-state index is 13.9. The van der Waals surface area contributed by atoms with Crippen molar-refractivity contribution in [3.63, 3.8) is 0 Å². The number of Topliss-reactive ketones (excluding diaryl/α,β-unsaturated/α-hetero) is 1. The summed E-state index contributed by atoms with van der Waals surface area (Å²) in [6, 6.07) is 3.95. The first-order valence-electron chi connectivity index (χ1n) is 8.66. The van der Waals surface area contributed by atoms with Crippen LogP contribution in [-0.4, -0.2) is 48.0 Å². The van der Waals surface area contributed by atoms with Crippen LogP contribution in [0.2, 0.25) is 0 Å². The largest absolute Gasteiger partial charge is 0.493 e. The number of carbonyl (C=O) groups excluding carboxylic acids is 2. The third-order valence-corrected chi connectivity index (χ3v) is 4.80. The summed E-state index contributed by atoms with van der Waals surface area (Å²) in [6.45, 7) is 0. The highest BCUT2D eigenvalue weighted by Crippen LogP contribution is 2.45. The molecule has 0 unspecified atom stereocenters. The van der Waals surface area contributed by atoms with E-state index in [1.54, 1.807) is 0 Å². The van der Waals surface area contributed by atoms with E-state index in [1.807, 2.05) is 0 Å². The fourth-order valence-corrected chi connectivity index (χ4v) is 3.35. The minimum Gasteiger partial charge on any atom is -0.493 e. The summed E-state index contributed by atoms with van der Waals surface area (Å²) in [5.41, 5.74) is -3.87. The molecule has 1 fully saturated rings. The van der Waals surface area contributed by atoms with Crippen LogP contribution in [0.15, 0.2) is 42.7 Å². The summed E-state index contributed by atoms with van der Waals surface area (Å²) >= 11 is 0. The van der Waals surface area contributed by atoms with Crippen molar-refractivity contribution in [2.45, 2.75) is 17.9 Å². The molecule has 2 aromatic rings. The van der Waals surface area contributed by atoms with Crippen molar-refractivity contribution in [1.82, 2.24) is 15.6 Å². The Balaban J connectivity index is 2.18. The maximum Gasteiger partial charge on any atom is 0.437 e. The van der Waals surface area contributed by atoms with E-state index >= 15 is 0 Å². The lowest BCUT2D eigenvalue weighted by atomic mass is 9.77. The lowest BCUT2D eigenvalue weighted by Gasteiger charge is -2.45. The second kappa shape index (κ2) is 7.82. The average Bonchev–Trinajstić information content (AvgIpc) is 2.72. The van der Waals surface area contributed by atoms with Gasteiger partial charge in [-0.1, -0.05) is 6.07 Å². The van der Waals surface area contributed by atoms with E-state index in [0.29, 0.717) is 5.75 Å². The minimum absolute atomic E-state index is 0.104. The first kappa shape index (κ1) is 21.4. The molecule has 30 heavy (non-hydrogen) atoms. The molecule has 1 aromatic carbocycles. The van der Waals surface area contributed by atoms with Gasteiger partial charge in [-0.05, 0) is 29.8 Å². The van der Waals surface area contributed by atoms with Crippen LogP contribution in [0, 0.1) is 5.92 Å². The zero-order valence-corrected chi connectivity index (χ0v) is 15.9. The Hall–Kier alpha value is -3.34. The van der Waals surface area contributed by atoms with Crippen LogP contribution in [0.25, 0.3) is 0 Å². The van der Waals surface area contributed by atoms with Crippen LogP contribution >= 0.6 is 0 Å². The van der Waals surface area contributed by atoms with Crippen molar-refractivity contribution >= 4 is 11.8 Å². The Morgan fingerprint density at radius 3 is 2.47 bits per heavy atom. The predicted molar refractivity (Wildman–Crippen MR) is 97.0 cm³/mol. The quantitative estimate of drug-likeness (QED) is 0.634. The van der Waals surface area contributed by atoms with Gasteiger partial charge in [0.25, 0.3) is 0 Å². The lowest BCUT2D eigenvalue weighted by molar-refractivity contribution is -0.287. The van der Waals surface area contributed by atoms with E-state index in [9.17, 15) is 27.9 Å². The second-order valence-corrected chi connectivity index (χ2v) is 6.54. The van der Waals surface area contributed by atoms with Crippen LogP contribution in [0.4, 0.5) is 18.0 Å². The van der Waals surface area contributed by atoms with Gasteiger partial charge in [-0.2, -0.15) is 13.2 Å². The smallest absolute Gasteiger partial charge is 0.437 e. The number of rotatable bonds is 5. The molecular formula is C19H18F3N3O5. The second-order valence-electron chi connectivity index (χ2n) is 6.54. The molecule has 0 aliphatic carbocycles. The number of pyridine rings is 1. The first-order chi connectivity index (χ1) is 14.1. The number of hydrogen-bond acceptors (Lipinski definition) is 6. The summed E-state index contributed by atoms with van der Waals surface area (Å²) in [4.78, 5) is 28.9. The highest BCUT2D eigenvalue weighted by molar-refractivity contribution is 6.00. The van der Waals surface area contributed by atoms with Crippen LogP contribution in [0.1, 0.15) is 22.0 Å². The van der Waals surface area contributed by atoms with E-state index < -0.39 is 35.7 Å². The standard InChI is InChI=1S/C19H18F3N3O5/c1-29-12-6-5-10(8-13(12)30-2)15-14(16(26)11-4-3-7-23-9-11)18(28,19(20,21)22)25-17(27)24-15/h3-9,14-15,28H,1-2H3,(H2,24,25,27)/t14-,15-,18-/m0/s1. The third-order valence-electron chi connectivity index (χ3n) is 4.80. The number of amides is 2. The number of nitrogens with one attached hydrogen (secondary N) is 2. The van der Waals surface area contributed by atoms with Crippen molar-refractivity contribution in [1.29, 1.82) is 0 Å². The number of urea groups is 1. The number of aromatic nitrogens is 1. The van der Waals surface area contributed by atoms with Gasteiger partial charge in [0, 0.05) is 18.0 Å². The molecule has 1 aliphatic heterocycles. The molecule has 1 aliphatic rings. The lowest BCUT2D eigenvalue weighted by Crippen LogP contribution is -2.72. The van der Waals surface area contributed by atoms with E-state index in [1.165, 1.54) is 56.1 Å². The van der Waals surface area contributed by atoms with Gasteiger partial charge in [0.1, 0.15) is 5.92 Å². The number of benzene rings is 1. The Labute approximate surface area is 169 Å². The molecule has 160 valence electrons. The van der Waals surface area contributed by atoms with Crippen LogP contribution in [0.3, 0.4) is 0 Å². The van der Waals surface area contributed by atoms with Crippen molar-refractivity contribution in [3.05, 3.63) is 53.9 Å². The van der Waals surface area contributed by atoms with E-state index in [-0.39, 0.29) is 16.9 Å². The zero-order valence-electron chi connectivity index (χ0n) is 15.9. The SMILES string of the molecule is COc1ccc([C@@H]2NC(=O)N[C@@](O)(C(F)(F)F)[C@@H]2C(=O)c2cccnc2)cc1OC. The molecule has 0 radical (unpaired) electrons. The normalized spacial score (nSPS) is 23.9. The minimum atomic E-state index is -5.35. The van der Waals surface area contributed by atoms with E-state index in [4.69, 9.17) is 9.47 Å². The topological polar surface area (TPSA) is 110 Å². The summed E-state index contributed by atoms with van der Waals surface area (Å²) in [5.74, 6) is -2.75. The predicted octanol–water partition coefficient (Wildman–Crippen LogP) is 2.20. The number of halogens is 3. The molecule has 0 spiro atoms. The van der Waals surface area contributed by atoms with Crippen LogP contribution in [-0.2, 0) is 0 Å². The molecule has 11 heteroatoms. The van der Waals surface area contributed by atoms with E-state index in [0.717, 1.165) is 6.20 Å². The number of methoxy groups -OCH3 is 2. The molecule has 0 saturated carbocycles. The molecule has 3 rings (SSSR count). The van der Waals surface area contributed by atoms with Gasteiger partial charge >= 0.3 is 12.2 Å². The highest BCUT2D eigenvalue weighted by Gasteiger charge is 2.66. The highest BCUT2D eigenvalue weighted by atomic mass is 19.4. The van der Waals surface area contributed by atoms with Gasteiger partial charge in [-0.25, -0.2) is 4.79 Å². The van der Waals surface area contributed by atoms with Crippen molar-refractivity contribution < 1.29 is 37.3 Å². The number of nitrogens with zero attached hydrogens (tertiary/aromatic N) is 1. The molecule has 2 heterocycles. The van der Waals surface area contributed by atoms with Crippen molar-refractivity contribution in [3.8, 4) is 11.5 Å². The van der Waals surface area contributed by atoms with Gasteiger partial charge in [-0.3, -0.25) is 9.78 Å². The van der Waals surface area contributed by atoms with Crippen LogP contribution < -0.4 is 20.1 Å². The maximum absolute atomic E-state index is 13.9. The average molecular weight is 425 g/mol. The Kier molecular flexibility index (Phi) is 5.57. The van der Waals surface area contributed by atoms with Gasteiger partial charge in [0.05, 0.1) is 20.3 Å². The number of aliphatic hydroxyl groups is 1. The number of carbonyl (C=O) groups is 2. The fourth-order valence-electron chi connectivity index (χ4n) is 3.35. The van der Waals surface area contributed by atoms with Crippen LogP contribution in [0.5, 0.6) is 11.5 Å². The van der Waals surface area contributed by atoms with Crippen molar-refractivity contribution in [2.24, 2.45) is 5.92 Å². The summed E-state index contributed by atoms with van der Waals surface area (Å²) in [5, 5.41) is 14.3. The van der Waals surface area contributed by atoms with Crippen molar-refractivity contribution in [2.75, 3.05) is 14.2 Å².